The lowest BCUT2D eigenvalue weighted by molar-refractivity contribution is -0.115. The first kappa shape index (κ1) is 25.5. The summed E-state index contributed by atoms with van der Waals surface area (Å²) in [4.78, 5) is 37.4. The highest BCUT2D eigenvalue weighted by molar-refractivity contribution is 6.05. The van der Waals surface area contributed by atoms with Crippen LogP contribution < -0.4 is 16.4 Å². The molecule has 0 aliphatic carbocycles. The Morgan fingerprint density at radius 3 is 2.45 bits per heavy atom. The molecule has 0 saturated carbocycles. The number of hydrogen-bond donors (Lipinski definition) is 3. The van der Waals surface area contributed by atoms with Gasteiger partial charge in [0.1, 0.15) is 0 Å². The fourth-order valence-corrected chi connectivity index (χ4v) is 3.12. The lowest BCUT2D eigenvalue weighted by atomic mass is 9.98. The van der Waals surface area contributed by atoms with E-state index in [0.717, 1.165) is 35.2 Å². The van der Waals surface area contributed by atoms with Gasteiger partial charge in [-0.3, -0.25) is 24.5 Å². The summed E-state index contributed by atoms with van der Waals surface area (Å²) < 4.78 is 0. The summed E-state index contributed by atoms with van der Waals surface area (Å²) >= 11 is 0. The number of allylic oxidation sites excluding steroid dienone is 2. The fraction of sp³-hybridized carbons (Fsp3) is 0.320. The van der Waals surface area contributed by atoms with E-state index in [1.165, 1.54) is 6.20 Å². The fourth-order valence-electron chi connectivity index (χ4n) is 3.12. The lowest BCUT2D eigenvalue weighted by Crippen LogP contribution is -2.15. The third kappa shape index (κ3) is 7.10. The molecule has 8 heteroatoms. The van der Waals surface area contributed by atoms with Gasteiger partial charge in [0.25, 0.3) is 5.91 Å². The van der Waals surface area contributed by atoms with E-state index in [1.807, 2.05) is 13.0 Å². The maximum absolute atomic E-state index is 13.0. The number of aromatic nitrogens is 2. The molecule has 0 fully saturated rings. The SMILES string of the molecule is CCCC(=C\c1cc(C(=O)Nc2cc(NC(=O)CC)cnc2C)cnc1C)/C(C=NC)=C/N. The molecule has 0 aromatic carbocycles. The molecule has 8 nitrogen and oxygen atoms in total. The molecule has 0 atom stereocenters. The molecule has 174 valence electrons. The van der Waals surface area contributed by atoms with E-state index in [0.29, 0.717) is 29.1 Å². The maximum Gasteiger partial charge on any atom is 0.257 e. The maximum atomic E-state index is 13.0. The molecular weight excluding hydrogens is 416 g/mol. The Labute approximate surface area is 195 Å². The van der Waals surface area contributed by atoms with Crippen LogP contribution in [0.15, 0.2) is 46.9 Å². The van der Waals surface area contributed by atoms with E-state index in [-0.39, 0.29) is 11.8 Å². The molecule has 0 bridgehead atoms. The van der Waals surface area contributed by atoms with E-state index in [1.54, 1.807) is 51.6 Å². The molecule has 33 heavy (non-hydrogen) atoms. The highest BCUT2D eigenvalue weighted by atomic mass is 16.2. The number of amides is 2. The lowest BCUT2D eigenvalue weighted by Gasteiger charge is -2.12. The number of nitrogens with zero attached hydrogens (tertiary/aromatic N) is 3. The van der Waals surface area contributed by atoms with Crippen LogP contribution in [0, 0.1) is 13.8 Å². The van der Waals surface area contributed by atoms with Crippen molar-refractivity contribution in [2.75, 3.05) is 17.7 Å². The van der Waals surface area contributed by atoms with Crippen LogP contribution >= 0.6 is 0 Å². The van der Waals surface area contributed by atoms with Crippen LogP contribution in [0.5, 0.6) is 0 Å². The number of nitrogens with one attached hydrogen (secondary N) is 2. The van der Waals surface area contributed by atoms with Crippen LogP contribution in [0.3, 0.4) is 0 Å². The highest BCUT2D eigenvalue weighted by Crippen LogP contribution is 2.22. The van der Waals surface area contributed by atoms with Gasteiger partial charge in [-0.05, 0) is 49.6 Å². The van der Waals surface area contributed by atoms with Gasteiger partial charge in [0.05, 0.1) is 28.8 Å². The first-order valence-electron chi connectivity index (χ1n) is 10.9. The Morgan fingerprint density at radius 1 is 1.09 bits per heavy atom. The summed E-state index contributed by atoms with van der Waals surface area (Å²) in [6.45, 7) is 7.54. The minimum absolute atomic E-state index is 0.126. The number of aliphatic imine (C=N–C) groups is 1. The first-order chi connectivity index (χ1) is 15.8. The van der Waals surface area contributed by atoms with Crippen molar-refractivity contribution in [3.05, 3.63) is 64.4 Å². The van der Waals surface area contributed by atoms with Crippen molar-refractivity contribution in [2.24, 2.45) is 10.7 Å². The molecule has 0 aliphatic rings. The number of aryl methyl sites for hydroxylation is 2. The van der Waals surface area contributed by atoms with Crippen molar-refractivity contribution < 1.29 is 9.59 Å². The normalized spacial score (nSPS) is 12.2. The number of carbonyl (C=O) groups excluding carboxylic acids is 2. The second-order valence-corrected chi connectivity index (χ2v) is 7.54. The topological polar surface area (TPSA) is 122 Å². The molecule has 0 spiro atoms. The molecule has 0 saturated heterocycles. The smallest absolute Gasteiger partial charge is 0.257 e. The largest absolute Gasteiger partial charge is 0.404 e. The molecule has 0 unspecified atom stereocenters. The van der Waals surface area contributed by atoms with Crippen molar-refractivity contribution in [1.29, 1.82) is 0 Å². The Morgan fingerprint density at radius 2 is 1.82 bits per heavy atom. The zero-order chi connectivity index (χ0) is 24.4. The first-order valence-corrected chi connectivity index (χ1v) is 10.9. The molecule has 4 N–H and O–H groups in total. The molecular formula is C25H32N6O2. The van der Waals surface area contributed by atoms with Crippen molar-refractivity contribution in [2.45, 2.75) is 47.0 Å². The van der Waals surface area contributed by atoms with Gasteiger partial charge in [-0.15, -0.1) is 0 Å². The summed E-state index contributed by atoms with van der Waals surface area (Å²) in [5.74, 6) is -0.443. The summed E-state index contributed by atoms with van der Waals surface area (Å²) in [6.07, 6.45) is 10.5. The second-order valence-electron chi connectivity index (χ2n) is 7.54. The van der Waals surface area contributed by atoms with Crippen molar-refractivity contribution in [3.63, 3.8) is 0 Å². The molecule has 2 heterocycles. The van der Waals surface area contributed by atoms with Gasteiger partial charge >= 0.3 is 0 Å². The van der Waals surface area contributed by atoms with E-state index in [2.05, 4.69) is 32.5 Å². The predicted molar refractivity (Wildman–Crippen MR) is 134 cm³/mol. The van der Waals surface area contributed by atoms with Crippen molar-refractivity contribution >= 4 is 35.5 Å². The summed E-state index contributed by atoms with van der Waals surface area (Å²) in [6, 6.07) is 3.49. The predicted octanol–water partition coefficient (Wildman–Crippen LogP) is 4.42. The van der Waals surface area contributed by atoms with Crippen LogP contribution in [0.4, 0.5) is 11.4 Å². The van der Waals surface area contributed by atoms with Crippen LogP contribution in [-0.2, 0) is 4.79 Å². The van der Waals surface area contributed by atoms with Crippen LogP contribution in [-0.4, -0.2) is 35.0 Å². The number of rotatable bonds is 9. The zero-order valence-electron chi connectivity index (χ0n) is 19.9. The Kier molecular flexibility index (Phi) is 9.47. The van der Waals surface area contributed by atoms with Crippen molar-refractivity contribution in [1.82, 2.24) is 9.97 Å². The number of anilines is 2. The number of pyridine rings is 2. The van der Waals surface area contributed by atoms with Crippen molar-refractivity contribution in [3.8, 4) is 0 Å². The third-order valence-corrected chi connectivity index (χ3v) is 5.00. The van der Waals surface area contributed by atoms with E-state index in [4.69, 9.17) is 5.73 Å². The third-order valence-electron chi connectivity index (χ3n) is 5.00. The number of carbonyl (C=O) groups is 2. The minimum Gasteiger partial charge on any atom is -0.404 e. The molecule has 2 aromatic heterocycles. The van der Waals surface area contributed by atoms with E-state index in [9.17, 15) is 9.59 Å². The van der Waals surface area contributed by atoms with Crippen LogP contribution in [0.1, 0.15) is 60.4 Å². The number of nitrogens with two attached hydrogens (primary N) is 1. The average molecular weight is 449 g/mol. The quantitative estimate of drug-likeness (QED) is 0.387. The molecule has 0 aliphatic heterocycles. The van der Waals surface area contributed by atoms with Gasteiger partial charge in [-0.2, -0.15) is 0 Å². The van der Waals surface area contributed by atoms with Gasteiger partial charge in [0.15, 0.2) is 0 Å². The Bertz CT molecular complexity index is 1100. The van der Waals surface area contributed by atoms with Gasteiger partial charge in [0.2, 0.25) is 5.91 Å². The molecule has 0 radical (unpaired) electrons. The zero-order valence-corrected chi connectivity index (χ0v) is 19.9. The van der Waals surface area contributed by atoms with Gasteiger partial charge in [-0.1, -0.05) is 20.3 Å². The molecule has 2 amide bonds. The van der Waals surface area contributed by atoms with Crippen LogP contribution in [0.25, 0.3) is 6.08 Å². The van der Waals surface area contributed by atoms with Crippen LogP contribution in [0.2, 0.25) is 0 Å². The Hall–Kier alpha value is -3.81. The summed E-state index contributed by atoms with van der Waals surface area (Å²) in [5.41, 5.74) is 11.4. The molecule has 2 aromatic rings. The molecule has 2 rings (SSSR count). The highest BCUT2D eigenvalue weighted by Gasteiger charge is 2.13. The monoisotopic (exact) mass is 448 g/mol. The number of hydrogen-bond acceptors (Lipinski definition) is 6. The Balaban J connectivity index is 2.36. The second kappa shape index (κ2) is 12.3. The van der Waals surface area contributed by atoms with Gasteiger partial charge in [0, 0.05) is 43.3 Å². The average Bonchev–Trinajstić information content (AvgIpc) is 2.80. The summed E-state index contributed by atoms with van der Waals surface area (Å²) in [5, 5.41) is 5.62. The van der Waals surface area contributed by atoms with E-state index >= 15 is 0 Å². The van der Waals surface area contributed by atoms with Gasteiger partial charge < -0.3 is 16.4 Å². The minimum atomic E-state index is -0.317. The standard InChI is InChI=1S/C25H32N6O2/c1-6-8-18(21(12-26)13-27-5)9-19-10-20(14-28-16(19)3)25(33)31-23-11-22(15-29-17(23)4)30-24(32)7-2/h9-15H,6-8,26H2,1-5H3,(H,30,32)(H,31,33)/b18-9+,21-12+,27-13?. The summed E-state index contributed by atoms with van der Waals surface area (Å²) in [7, 11) is 1.70. The van der Waals surface area contributed by atoms with Gasteiger partial charge in [-0.25, -0.2) is 0 Å². The van der Waals surface area contributed by atoms with E-state index < -0.39 is 0 Å².